The highest BCUT2D eigenvalue weighted by Gasteiger charge is 2.29. The molecule has 0 aliphatic rings. The number of aryl methyl sites for hydroxylation is 1. The van der Waals surface area contributed by atoms with E-state index in [1.54, 1.807) is 67.6 Å². The largest absolute Gasteiger partial charge is 0.422 e. The maximum absolute atomic E-state index is 13.3. The minimum absolute atomic E-state index is 0.122. The van der Waals surface area contributed by atoms with Gasteiger partial charge in [0.25, 0.3) is 0 Å². The maximum atomic E-state index is 13.3. The molecule has 0 aliphatic heterocycles. The number of nitrogens with one attached hydrogen (secondary N) is 1. The van der Waals surface area contributed by atoms with Gasteiger partial charge in [-0.3, -0.25) is 0 Å². The molecule has 1 N–H and O–H groups in total. The molecule has 172 valence electrons. The van der Waals surface area contributed by atoms with Crippen LogP contribution in [0, 0.1) is 6.92 Å². The molecule has 34 heavy (non-hydrogen) atoms. The average molecular weight is 472 g/mol. The van der Waals surface area contributed by atoms with Crippen molar-refractivity contribution in [2.45, 2.75) is 24.8 Å². The lowest BCUT2D eigenvalue weighted by atomic mass is 9.99. The van der Waals surface area contributed by atoms with Gasteiger partial charge < -0.3 is 4.74 Å². The molecule has 0 saturated heterocycles. The van der Waals surface area contributed by atoms with Crippen LogP contribution < -0.4 is 9.46 Å². The number of sulfonamides is 1. The third-order valence-electron chi connectivity index (χ3n) is 5.55. The van der Waals surface area contributed by atoms with E-state index in [9.17, 15) is 13.2 Å². The van der Waals surface area contributed by atoms with E-state index in [2.05, 4.69) is 4.72 Å². The number of esters is 1. The van der Waals surface area contributed by atoms with E-state index in [-0.39, 0.29) is 10.5 Å². The maximum Gasteiger partial charge on any atom is 0.341 e. The minimum atomic E-state index is -3.92. The Morgan fingerprint density at radius 3 is 2.21 bits per heavy atom. The molecule has 4 aromatic carbocycles. The Labute approximate surface area is 199 Å². The summed E-state index contributed by atoms with van der Waals surface area (Å²) in [4.78, 5) is 13.5. The Morgan fingerprint density at radius 2 is 1.50 bits per heavy atom. The van der Waals surface area contributed by atoms with Crippen molar-refractivity contribution in [1.82, 2.24) is 4.72 Å². The summed E-state index contributed by atoms with van der Waals surface area (Å²) in [5.41, 5.74) is 1.77. The Hall–Kier alpha value is -3.74. The molecule has 0 saturated carbocycles. The Kier molecular flexibility index (Phi) is 6.91. The van der Waals surface area contributed by atoms with E-state index in [1.165, 1.54) is 0 Å². The molecule has 0 aromatic heterocycles. The highest BCUT2D eigenvalue weighted by Crippen LogP contribution is 2.29. The van der Waals surface area contributed by atoms with E-state index in [4.69, 9.17) is 4.74 Å². The molecule has 0 fully saturated rings. The number of rotatable bonds is 7. The number of fused-ring (bicyclic) bond motifs is 1. The molecule has 0 spiro atoms. The smallest absolute Gasteiger partial charge is 0.341 e. The molecule has 1 atom stereocenters. The first-order chi connectivity index (χ1) is 16.4. The second-order valence-corrected chi connectivity index (χ2v) is 9.60. The summed E-state index contributed by atoms with van der Waals surface area (Å²) in [6.07, 6.45) is 1.59. The zero-order chi connectivity index (χ0) is 24.1. The average Bonchev–Trinajstić information content (AvgIpc) is 2.85. The van der Waals surface area contributed by atoms with Crippen molar-refractivity contribution in [3.8, 4) is 5.75 Å². The van der Waals surface area contributed by atoms with Gasteiger partial charge in [-0.15, -0.1) is 0 Å². The van der Waals surface area contributed by atoms with Crippen molar-refractivity contribution in [1.29, 1.82) is 0 Å². The van der Waals surface area contributed by atoms with Crippen LogP contribution in [0.5, 0.6) is 5.75 Å². The molecule has 4 rings (SSSR count). The van der Waals surface area contributed by atoms with Crippen LogP contribution in [0.2, 0.25) is 0 Å². The minimum Gasteiger partial charge on any atom is -0.422 e. The normalized spacial score (nSPS) is 12.9. The topological polar surface area (TPSA) is 72.5 Å². The first-order valence-corrected chi connectivity index (χ1v) is 12.4. The second kappa shape index (κ2) is 10.0. The molecular weight excluding hydrogens is 446 g/mol. The third kappa shape index (κ3) is 5.09. The zero-order valence-electron chi connectivity index (χ0n) is 18.9. The second-order valence-electron chi connectivity index (χ2n) is 7.89. The number of carbonyl (C=O) groups is 1. The van der Waals surface area contributed by atoms with Crippen LogP contribution in [0.4, 0.5) is 0 Å². The lowest BCUT2D eigenvalue weighted by Gasteiger charge is -2.22. The van der Waals surface area contributed by atoms with Crippen molar-refractivity contribution in [2.75, 3.05) is 0 Å². The Bertz CT molecular complexity index is 1440. The van der Waals surface area contributed by atoms with Gasteiger partial charge in [0.05, 0.1) is 16.5 Å². The van der Waals surface area contributed by atoms with Crippen LogP contribution in [0.3, 0.4) is 0 Å². The van der Waals surface area contributed by atoms with Gasteiger partial charge in [0.15, 0.2) is 0 Å². The molecule has 1 unspecified atom stereocenters. The number of hydrogen-bond donors (Lipinski definition) is 1. The Morgan fingerprint density at radius 1 is 0.853 bits per heavy atom. The SMILES string of the molecule is C/C=C(/C(=O)Oc1cccc2ccccc12)C(NS(=O)(=O)c1ccc(C)cc1)c1ccccc1. The number of ether oxygens (including phenoxy) is 1. The summed E-state index contributed by atoms with van der Waals surface area (Å²) in [7, 11) is -3.92. The van der Waals surface area contributed by atoms with Crippen molar-refractivity contribution in [3.63, 3.8) is 0 Å². The number of benzene rings is 4. The molecule has 0 radical (unpaired) electrons. The third-order valence-corrected chi connectivity index (χ3v) is 6.99. The van der Waals surface area contributed by atoms with Gasteiger partial charge in [-0.2, -0.15) is 4.72 Å². The van der Waals surface area contributed by atoms with Crippen LogP contribution in [0.25, 0.3) is 10.8 Å². The fourth-order valence-electron chi connectivity index (χ4n) is 3.74. The highest BCUT2D eigenvalue weighted by atomic mass is 32.2. The summed E-state index contributed by atoms with van der Waals surface area (Å²) in [6, 6.07) is 27.7. The van der Waals surface area contributed by atoms with Crippen LogP contribution in [0.15, 0.2) is 114 Å². The van der Waals surface area contributed by atoms with Crippen molar-refractivity contribution in [2.24, 2.45) is 0 Å². The van der Waals surface area contributed by atoms with Gasteiger partial charge in [0.1, 0.15) is 5.75 Å². The van der Waals surface area contributed by atoms with E-state index >= 15 is 0 Å². The van der Waals surface area contributed by atoms with Crippen LogP contribution in [-0.2, 0) is 14.8 Å². The van der Waals surface area contributed by atoms with Gasteiger partial charge in [0.2, 0.25) is 10.0 Å². The number of carbonyl (C=O) groups excluding carboxylic acids is 1. The molecule has 0 amide bonds. The predicted molar refractivity (Wildman–Crippen MR) is 134 cm³/mol. The summed E-state index contributed by atoms with van der Waals surface area (Å²) < 4.78 is 34.9. The lowest BCUT2D eigenvalue weighted by Crippen LogP contribution is -2.33. The van der Waals surface area contributed by atoms with E-state index in [1.807, 2.05) is 49.4 Å². The van der Waals surface area contributed by atoms with Crippen LogP contribution in [0.1, 0.15) is 24.1 Å². The molecular formula is C28H25NO4S. The van der Waals surface area contributed by atoms with Crippen molar-refractivity contribution in [3.05, 3.63) is 120 Å². The fraction of sp³-hybridized carbons (Fsp3) is 0.107. The van der Waals surface area contributed by atoms with Gasteiger partial charge in [-0.25, -0.2) is 13.2 Å². The first-order valence-electron chi connectivity index (χ1n) is 10.9. The van der Waals surface area contributed by atoms with Crippen molar-refractivity contribution >= 4 is 26.8 Å². The standard InChI is InChI=1S/C28H25NO4S/c1-3-24(28(30)33-26-15-9-13-21-10-7-8-14-25(21)26)27(22-11-5-4-6-12-22)29-34(31,32)23-18-16-20(2)17-19-23/h3-19,27,29H,1-2H3/b24-3+. The monoisotopic (exact) mass is 471 g/mol. The van der Waals surface area contributed by atoms with Crippen LogP contribution >= 0.6 is 0 Å². The summed E-state index contributed by atoms with van der Waals surface area (Å²) in [6.45, 7) is 3.58. The molecule has 0 heterocycles. The lowest BCUT2D eigenvalue weighted by molar-refractivity contribution is -0.130. The number of hydrogen-bond acceptors (Lipinski definition) is 4. The summed E-state index contributed by atoms with van der Waals surface area (Å²) >= 11 is 0. The summed E-state index contributed by atoms with van der Waals surface area (Å²) in [5.74, 6) is -0.213. The predicted octanol–water partition coefficient (Wildman–Crippen LogP) is 5.72. The van der Waals surface area contributed by atoms with Crippen molar-refractivity contribution < 1.29 is 17.9 Å². The summed E-state index contributed by atoms with van der Waals surface area (Å²) in [5, 5.41) is 1.74. The molecule has 0 bridgehead atoms. The quantitative estimate of drug-likeness (QED) is 0.213. The van der Waals surface area contributed by atoms with Crippen LogP contribution in [-0.4, -0.2) is 14.4 Å². The number of allylic oxidation sites excluding steroid dienone is 1. The van der Waals surface area contributed by atoms with Gasteiger partial charge in [0, 0.05) is 5.39 Å². The zero-order valence-corrected chi connectivity index (χ0v) is 19.8. The molecule has 6 heteroatoms. The first kappa shape index (κ1) is 23.4. The van der Waals surface area contributed by atoms with Gasteiger partial charge in [-0.1, -0.05) is 90.5 Å². The van der Waals surface area contributed by atoms with Gasteiger partial charge in [-0.05, 0) is 43.0 Å². The molecule has 5 nitrogen and oxygen atoms in total. The fourth-order valence-corrected chi connectivity index (χ4v) is 4.95. The van der Waals surface area contributed by atoms with E-state index in [0.29, 0.717) is 11.3 Å². The Balaban J connectivity index is 1.70. The van der Waals surface area contributed by atoms with Gasteiger partial charge >= 0.3 is 5.97 Å². The highest BCUT2D eigenvalue weighted by molar-refractivity contribution is 7.89. The van der Waals surface area contributed by atoms with E-state index < -0.39 is 22.0 Å². The molecule has 4 aromatic rings. The molecule has 0 aliphatic carbocycles. The van der Waals surface area contributed by atoms with E-state index in [0.717, 1.165) is 16.3 Å².